The molecule has 118 valence electrons. The van der Waals surface area contributed by atoms with E-state index in [1.54, 1.807) is 0 Å². The monoisotopic (exact) mass is 291 g/mol. The molecule has 2 atom stereocenters. The zero-order chi connectivity index (χ0) is 14.8. The maximum Gasteiger partial charge on any atom is 0.0951 e. The maximum atomic E-state index is 6.12. The van der Waals surface area contributed by atoms with Crippen LogP contribution in [0, 0.1) is 0 Å². The molecular formula is C16H29N5. The fraction of sp³-hybridized carbons (Fsp3) is 0.812. The third-order valence-corrected chi connectivity index (χ3v) is 5.11. The Morgan fingerprint density at radius 1 is 1.29 bits per heavy atom. The highest BCUT2D eigenvalue weighted by Gasteiger charge is 2.33. The highest BCUT2D eigenvalue weighted by atomic mass is 15.3. The van der Waals surface area contributed by atoms with Crippen molar-refractivity contribution in [3.63, 3.8) is 0 Å². The van der Waals surface area contributed by atoms with E-state index in [0.717, 1.165) is 19.1 Å². The Labute approximate surface area is 128 Å². The number of rotatable bonds is 5. The van der Waals surface area contributed by atoms with Crippen LogP contribution in [0.15, 0.2) is 12.5 Å². The van der Waals surface area contributed by atoms with Crippen molar-refractivity contribution < 1.29 is 0 Å². The minimum atomic E-state index is 0.308. The third kappa shape index (κ3) is 3.00. The topological polar surface area (TPSA) is 50.3 Å². The highest BCUT2D eigenvalue weighted by molar-refractivity contribution is 5.09. The number of hydrogen-bond donors (Lipinski definition) is 1. The Hall–Kier alpha value is -0.910. The van der Waals surface area contributed by atoms with Gasteiger partial charge in [-0.15, -0.1) is 0 Å². The van der Waals surface area contributed by atoms with Crippen molar-refractivity contribution in [3.8, 4) is 0 Å². The van der Waals surface area contributed by atoms with Crippen molar-refractivity contribution in [1.82, 2.24) is 19.4 Å². The molecule has 21 heavy (non-hydrogen) atoms. The molecule has 0 radical (unpaired) electrons. The fourth-order valence-corrected chi connectivity index (χ4v) is 3.92. The van der Waals surface area contributed by atoms with E-state index in [2.05, 4.69) is 33.2 Å². The fourth-order valence-electron chi connectivity index (χ4n) is 3.92. The lowest BCUT2D eigenvalue weighted by Gasteiger charge is -2.30. The zero-order valence-electron chi connectivity index (χ0n) is 13.4. The predicted octanol–water partition coefficient (Wildman–Crippen LogP) is 1.63. The average Bonchev–Trinajstić information content (AvgIpc) is 3.21. The van der Waals surface area contributed by atoms with Crippen LogP contribution in [0.1, 0.15) is 50.9 Å². The second-order valence-corrected chi connectivity index (χ2v) is 6.75. The van der Waals surface area contributed by atoms with Gasteiger partial charge >= 0.3 is 0 Å². The number of hydrogen-bond acceptors (Lipinski definition) is 4. The Bertz CT molecular complexity index is 449. The van der Waals surface area contributed by atoms with E-state index in [0.29, 0.717) is 18.6 Å². The molecule has 2 fully saturated rings. The summed E-state index contributed by atoms with van der Waals surface area (Å²) >= 11 is 0. The molecule has 2 aliphatic rings. The molecule has 1 aromatic rings. The largest absolute Gasteiger partial charge is 0.331 e. The molecule has 2 aliphatic heterocycles. The van der Waals surface area contributed by atoms with Gasteiger partial charge in [-0.25, -0.2) is 4.98 Å². The van der Waals surface area contributed by atoms with Crippen molar-refractivity contribution in [3.05, 3.63) is 18.2 Å². The minimum Gasteiger partial charge on any atom is -0.331 e. The quantitative estimate of drug-likeness (QED) is 0.896. The number of imidazole rings is 1. The number of nitrogens with zero attached hydrogens (tertiary/aromatic N) is 4. The van der Waals surface area contributed by atoms with Crippen LogP contribution in [0.3, 0.4) is 0 Å². The Morgan fingerprint density at radius 3 is 2.71 bits per heavy atom. The minimum absolute atomic E-state index is 0.308. The Balaban J connectivity index is 1.70. The van der Waals surface area contributed by atoms with Gasteiger partial charge in [-0.3, -0.25) is 9.80 Å². The van der Waals surface area contributed by atoms with Crippen molar-refractivity contribution in [2.45, 2.75) is 51.2 Å². The van der Waals surface area contributed by atoms with Crippen molar-refractivity contribution in [2.24, 2.45) is 5.73 Å². The zero-order valence-corrected chi connectivity index (χ0v) is 13.4. The van der Waals surface area contributed by atoms with E-state index >= 15 is 0 Å². The molecule has 2 saturated heterocycles. The normalized spacial score (nSPS) is 26.0. The molecule has 5 heteroatoms. The number of likely N-dealkylation sites (tertiary alicyclic amines) is 2. The van der Waals surface area contributed by atoms with Crippen LogP contribution in [0.2, 0.25) is 0 Å². The second-order valence-electron chi connectivity index (χ2n) is 6.75. The Kier molecular flexibility index (Phi) is 4.62. The summed E-state index contributed by atoms with van der Waals surface area (Å²) in [7, 11) is 0. The molecule has 2 N–H and O–H groups in total. The summed E-state index contributed by atoms with van der Waals surface area (Å²) in [6.45, 7) is 9.97. The summed E-state index contributed by atoms with van der Waals surface area (Å²) in [6.07, 6.45) is 7.97. The highest BCUT2D eigenvalue weighted by Crippen LogP contribution is 2.28. The van der Waals surface area contributed by atoms with Gasteiger partial charge in [-0.05, 0) is 46.2 Å². The SMILES string of the molecule is CC(C)n1cncc1C(CN)N1CCC(N2CCCC2)C1. The second kappa shape index (κ2) is 6.46. The lowest BCUT2D eigenvalue weighted by Crippen LogP contribution is -2.38. The summed E-state index contributed by atoms with van der Waals surface area (Å²) in [6, 6.07) is 1.48. The van der Waals surface area contributed by atoms with Crippen molar-refractivity contribution in [2.75, 3.05) is 32.7 Å². The smallest absolute Gasteiger partial charge is 0.0951 e. The average molecular weight is 291 g/mol. The first-order chi connectivity index (χ1) is 10.2. The van der Waals surface area contributed by atoms with Gasteiger partial charge in [0, 0.05) is 37.9 Å². The van der Waals surface area contributed by atoms with Gasteiger partial charge in [0.05, 0.1) is 18.1 Å². The molecule has 0 aliphatic carbocycles. The van der Waals surface area contributed by atoms with E-state index in [1.165, 1.54) is 38.0 Å². The van der Waals surface area contributed by atoms with Gasteiger partial charge in [0.15, 0.2) is 0 Å². The van der Waals surface area contributed by atoms with E-state index in [1.807, 2.05) is 12.5 Å². The van der Waals surface area contributed by atoms with Crippen LogP contribution >= 0.6 is 0 Å². The number of nitrogens with two attached hydrogens (primary N) is 1. The van der Waals surface area contributed by atoms with Crippen LogP contribution < -0.4 is 5.73 Å². The molecule has 0 spiro atoms. The summed E-state index contributed by atoms with van der Waals surface area (Å²) in [4.78, 5) is 9.59. The molecule has 0 aromatic carbocycles. The molecular weight excluding hydrogens is 262 g/mol. The van der Waals surface area contributed by atoms with E-state index in [4.69, 9.17) is 5.73 Å². The standard InChI is InChI=1S/C16H29N5/c1-13(2)21-12-18-10-16(21)15(9-17)20-8-5-14(11-20)19-6-3-4-7-19/h10,12-15H,3-9,11,17H2,1-2H3. The van der Waals surface area contributed by atoms with Crippen LogP contribution in [0.4, 0.5) is 0 Å². The van der Waals surface area contributed by atoms with E-state index in [-0.39, 0.29) is 0 Å². The van der Waals surface area contributed by atoms with Gasteiger partial charge < -0.3 is 10.3 Å². The summed E-state index contributed by atoms with van der Waals surface area (Å²) < 4.78 is 2.26. The van der Waals surface area contributed by atoms with Gasteiger partial charge in [0.1, 0.15) is 0 Å². The first-order valence-electron chi connectivity index (χ1n) is 8.40. The molecule has 0 amide bonds. The first-order valence-corrected chi connectivity index (χ1v) is 8.40. The predicted molar refractivity (Wildman–Crippen MR) is 85.2 cm³/mol. The molecule has 5 nitrogen and oxygen atoms in total. The summed E-state index contributed by atoms with van der Waals surface area (Å²) in [5.41, 5.74) is 7.39. The Morgan fingerprint density at radius 2 is 2.05 bits per heavy atom. The van der Waals surface area contributed by atoms with Crippen LogP contribution in [0.5, 0.6) is 0 Å². The van der Waals surface area contributed by atoms with Crippen LogP contribution in [-0.4, -0.2) is 58.1 Å². The molecule has 0 bridgehead atoms. The lowest BCUT2D eigenvalue weighted by atomic mass is 10.1. The molecule has 0 saturated carbocycles. The molecule has 3 rings (SSSR count). The molecule has 2 unspecified atom stereocenters. The van der Waals surface area contributed by atoms with Gasteiger partial charge in [0.25, 0.3) is 0 Å². The molecule has 1 aromatic heterocycles. The maximum absolute atomic E-state index is 6.12. The lowest BCUT2D eigenvalue weighted by molar-refractivity contribution is 0.197. The first kappa shape index (κ1) is 15.0. The molecule has 3 heterocycles. The summed E-state index contributed by atoms with van der Waals surface area (Å²) in [5, 5.41) is 0. The summed E-state index contributed by atoms with van der Waals surface area (Å²) in [5.74, 6) is 0. The van der Waals surface area contributed by atoms with Gasteiger partial charge in [-0.1, -0.05) is 0 Å². The van der Waals surface area contributed by atoms with Crippen LogP contribution in [0.25, 0.3) is 0 Å². The number of aromatic nitrogens is 2. The van der Waals surface area contributed by atoms with Crippen LogP contribution in [-0.2, 0) is 0 Å². The van der Waals surface area contributed by atoms with Crippen molar-refractivity contribution >= 4 is 0 Å². The van der Waals surface area contributed by atoms with Gasteiger partial charge in [0.2, 0.25) is 0 Å². The van der Waals surface area contributed by atoms with Crippen molar-refractivity contribution in [1.29, 1.82) is 0 Å². The third-order valence-electron chi connectivity index (χ3n) is 5.11. The van der Waals surface area contributed by atoms with E-state index < -0.39 is 0 Å². The van der Waals surface area contributed by atoms with E-state index in [9.17, 15) is 0 Å². The van der Waals surface area contributed by atoms with Gasteiger partial charge in [-0.2, -0.15) is 0 Å².